The van der Waals surface area contributed by atoms with E-state index in [-0.39, 0.29) is 51.0 Å². The summed E-state index contributed by atoms with van der Waals surface area (Å²) in [5.41, 5.74) is 0.624. The van der Waals surface area contributed by atoms with Gasteiger partial charge in [-0.05, 0) is 13.0 Å². The maximum Gasteiger partial charge on any atom is 0.273 e. The Balaban J connectivity index is 0.000000248. The molecular formula is C20H21AsClN3O9. The number of halogens is 1. The summed E-state index contributed by atoms with van der Waals surface area (Å²) in [7, 11) is 0. The first kappa shape index (κ1) is 26.8. The van der Waals surface area contributed by atoms with Crippen molar-refractivity contribution in [2.45, 2.75) is 13.8 Å². The number of nitrogens with one attached hydrogen (secondary N) is 2. The van der Waals surface area contributed by atoms with Crippen LogP contribution in [0.1, 0.15) is 24.3 Å². The van der Waals surface area contributed by atoms with Crippen molar-refractivity contribution in [2.24, 2.45) is 0 Å². The molecule has 3 aromatic rings. The van der Waals surface area contributed by atoms with Crippen LogP contribution in [-0.2, 0) is 8.53 Å². The number of carbonyl (C=O) groups is 2. The Bertz CT molecular complexity index is 1260. The Hall–Kier alpha value is -3.44. The van der Waals surface area contributed by atoms with Gasteiger partial charge in [0, 0.05) is 18.7 Å². The third-order valence-electron chi connectivity index (χ3n) is 4.02. The van der Waals surface area contributed by atoms with E-state index in [0.29, 0.717) is 6.54 Å². The van der Waals surface area contributed by atoms with Gasteiger partial charge < -0.3 is 20.1 Å². The summed E-state index contributed by atoms with van der Waals surface area (Å²) in [6.07, 6.45) is 0. The Morgan fingerprint density at radius 2 is 1.74 bits per heavy atom. The van der Waals surface area contributed by atoms with Crippen molar-refractivity contribution < 1.29 is 41.4 Å². The molecule has 0 unspecified atom stereocenters. The molecule has 0 aliphatic carbocycles. The van der Waals surface area contributed by atoms with Gasteiger partial charge in [0.05, 0.1) is 10.6 Å². The summed E-state index contributed by atoms with van der Waals surface area (Å²) in [5.74, 6) is -1.51. The predicted molar refractivity (Wildman–Crippen MR) is 121 cm³/mol. The van der Waals surface area contributed by atoms with Crippen molar-refractivity contribution in [1.29, 1.82) is 0 Å². The van der Waals surface area contributed by atoms with Gasteiger partial charge in [-0.1, -0.05) is 16.8 Å². The van der Waals surface area contributed by atoms with Crippen LogP contribution < -0.4 is 15.0 Å². The minimum Gasteiger partial charge on any atom is -0.507 e. The minimum atomic E-state index is -5.09. The molecule has 2 amide bonds. The van der Waals surface area contributed by atoms with Crippen LogP contribution in [0.25, 0.3) is 11.3 Å². The smallest absolute Gasteiger partial charge is 0.273 e. The molecule has 0 atom stereocenters. The van der Waals surface area contributed by atoms with Crippen LogP contribution in [0, 0.1) is 0 Å². The molecule has 0 saturated carbocycles. The normalized spacial score (nSPS) is 10.7. The van der Waals surface area contributed by atoms with Gasteiger partial charge in [0.2, 0.25) is 0 Å². The van der Waals surface area contributed by atoms with Crippen molar-refractivity contribution >= 4 is 47.6 Å². The second kappa shape index (κ2) is 11.1. The number of hydrogen-bond acceptors (Lipinski definition) is 8. The van der Waals surface area contributed by atoms with Crippen LogP contribution in [0.15, 0.2) is 40.9 Å². The van der Waals surface area contributed by atoms with Crippen molar-refractivity contribution in [2.75, 3.05) is 11.9 Å². The molecule has 0 bridgehead atoms. The number of nitrogens with zero attached hydrogens (tertiary/aromatic N) is 1. The molecule has 0 spiro atoms. The average molecular weight is 558 g/mol. The molecule has 0 saturated heterocycles. The van der Waals surface area contributed by atoms with E-state index in [1.807, 2.05) is 0 Å². The van der Waals surface area contributed by atoms with Gasteiger partial charge in [-0.3, -0.25) is 4.79 Å². The van der Waals surface area contributed by atoms with Crippen molar-refractivity contribution in [3.8, 4) is 28.6 Å². The fraction of sp³-hybridized carbons (Fsp3) is 0.150. The van der Waals surface area contributed by atoms with Crippen LogP contribution in [0.4, 0.5) is 5.69 Å². The van der Waals surface area contributed by atoms with Crippen molar-refractivity contribution in [1.82, 2.24) is 10.5 Å². The number of amides is 2. The molecule has 34 heavy (non-hydrogen) atoms. The van der Waals surface area contributed by atoms with Crippen LogP contribution in [-0.4, -0.2) is 61.2 Å². The monoisotopic (exact) mass is 557 g/mol. The second-order valence-electron chi connectivity index (χ2n) is 6.69. The SMILES string of the molecule is CC(=O)Nc1ccc([As](=O)(O)O)c(O)c1.CCNC(=O)c1cc(-c2cc(Cl)c(O)cc2O)on1. The molecule has 7 N–H and O–H groups in total. The van der Waals surface area contributed by atoms with E-state index in [1.165, 1.54) is 25.1 Å². The van der Waals surface area contributed by atoms with E-state index >= 15 is 0 Å². The molecular weight excluding hydrogens is 537 g/mol. The molecule has 0 aliphatic rings. The molecule has 0 radical (unpaired) electrons. The van der Waals surface area contributed by atoms with Gasteiger partial charge in [-0.2, -0.15) is 0 Å². The van der Waals surface area contributed by atoms with Crippen LogP contribution in [0.5, 0.6) is 17.2 Å². The van der Waals surface area contributed by atoms with Gasteiger partial charge in [-0.25, -0.2) is 0 Å². The van der Waals surface area contributed by atoms with Crippen molar-refractivity contribution in [3.63, 3.8) is 0 Å². The standard InChI is InChI=1S/C12H11ClN2O4.C8H10AsNO5/c1-2-14-12(18)8-4-11(19-15-8)6-3-7(13)10(17)5-9(6)16;1-5(11)10-6-2-3-7(8(12)4-6)9(13,14)15/h3-5,16-17H,2H2,1H3,(H,14,18);2-4,12H,1H3,(H,10,11)(H2,13,14,15). The number of aromatic hydroxyl groups is 3. The third kappa shape index (κ3) is 7.03. The first-order valence-electron chi connectivity index (χ1n) is 9.47. The maximum absolute atomic E-state index is 11.5. The summed E-state index contributed by atoms with van der Waals surface area (Å²) in [5, 5.41) is 37.0. The Morgan fingerprint density at radius 1 is 1.06 bits per heavy atom. The van der Waals surface area contributed by atoms with E-state index < -0.39 is 24.3 Å². The summed E-state index contributed by atoms with van der Waals surface area (Å²) in [4.78, 5) is 22.2. The molecule has 0 aliphatic heterocycles. The Kier molecular flexibility index (Phi) is 8.77. The molecule has 14 heteroatoms. The largest absolute Gasteiger partial charge is 0.507 e. The zero-order valence-corrected chi connectivity index (χ0v) is 20.4. The maximum atomic E-state index is 11.5. The van der Waals surface area contributed by atoms with E-state index in [4.69, 9.17) is 24.3 Å². The molecule has 3 rings (SSSR count). The topological polar surface area (TPSA) is 202 Å². The molecule has 2 aromatic carbocycles. The Labute approximate surface area is 200 Å². The van der Waals surface area contributed by atoms with Gasteiger partial charge in [0.15, 0.2) is 11.5 Å². The number of carbonyl (C=O) groups excluding carboxylic acids is 2. The van der Waals surface area contributed by atoms with E-state index in [0.717, 1.165) is 18.2 Å². The summed E-state index contributed by atoms with van der Waals surface area (Å²) < 4.78 is 33.2. The van der Waals surface area contributed by atoms with E-state index in [2.05, 4.69) is 15.8 Å². The zero-order valence-electron chi connectivity index (χ0n) is 17.8. The molecule has 1 aromatic heterocycles. The minimum absolute atomic E-state index is 0.0590. The van der Waals surface area contributed by atoms with E-state index in [1.54, 1.807) is 6.92 Å². The summed E-state index contributed by atoms with van der Waals surface area (Å²) in [6, 6.07) is 7.31. The first-order valence-corrected chi connectivity index (χ1v) is 13.2. The number of phenolic OH excluding ortho intramolecular Hbond substituents is 3. The van der Waals surface area contributed by atoms with Gasteiger partial charge in [0.1, 0.15) is 11.5 Å². The van der Waals surface area contributed by atoms with E-state index in [9.17, 15) is 28.6 Å². The number of phenols is 3. The fourth-order valence-electron chi connectivity index (χ4n) is 2.56. The third-order valence-corrected chi connectivity index (χ3v) is 6.43. The molecule has 182 valence electrons. The van der Waals surface area contributed by atoms with Gasteiger partial charge >= 0.3 is 88.1 Å². The summed E-state index contributed by atoms with van der Waals surface area (Å²) in [6.45, 7) is 3.54. The summed E-state index contributed by atoms with van der Waals surface area (Å²) >= 11 is 0.665. The zero-order chi connectivity index (χ0) is 25.6. The number of hydrogen-bond donors (Lipinski definition) is 7. The second-order valence-corrected chi connectivity index (χ2v) is 10.4. The number of rotatable bonds is 5. The van der Waals surface area contributed by atoms with Gasteiger partial charge in [-0.15, -0.1) is 0 Å². The average Bonchev–Trinajstić information content (AvgIpc) is 3.20. The van der Waals surface area contributed by atoms with Gasteiger partial charge in [0.25, 0.3) is 5.91 Å². The first-order chi connectivity index (χ1) is 15.8. The van der Waals surface area contributed by atoms with Crippen LogP contribution >= 0.6 is 11.6 Å². The van der Waals surface area contributed by atoms with Crippen LogP contribution in [0.3, 0.4) is 0 Å². The molecule has 12 nitrogen and oxygen atoms in total. The molecule has 0 fully saturated rings. The predicted octanol–water partition coefficient (Wildman–Crippen LogP) is 1.07. The van der Waals surface area contributed by atoms with Crippen LogP contribution in [0.2, 0.25) is 5.02 Å². The molecule has 1 heterocycles. The number of anilines is 1. The van der Waals surface area contributed by atoms with Crippen molar-refractivity contribution in [3.05, 3.63) is 47.1 Å². The number of benzene rings is 2. The number of aromatic nitrogens is 1. The quantitative estimate of drug-likeness (QED) is 0.222. The Morgan fingerprint density at radius 3 is 2.29 bits per heavy atom. The fourth-order valence-corrected chi connectivity index (χ4v) is 4.05.